The van der Waals surface area contributed by atoms with E-state index in [1.54, 1.807) is 0 Å². The van der Waals surface area contributed by atoms with Crippen LogP contribution in [0.1, 0.15) is 52.9 Å². The van der Waals surface area contributed by atoms with Crippen molar-refractivity contribution in [3.8, 4) is 0 Å². The fourth-order valence-corrected chi connectivity index (χ4v) is 2.53. The van der Waals surface area contributed by atoms with Gasteiger partial charge in [-0.3, -0.25) is 0 Å². The Morgan fingerprint density at radius 2 is 2.17 bits per heavy atom. The third-order valence-corrected chi connectivity index (χ3v) is 3.58. The molecule has 3 atom stereocenters. The Morgan fingerprint density at radius 1 is 1.50 bits per heavy atom. The Bertz CT molecular complexity index is 140. The van der Waals surface area contributed by atoms with Gasteiger partial charge in [-0.2, -0.15) is 0 Å². The predicted octanol–water partition coefficient (Wildman–Crippen LogP) is 2.97. The molecule has 1 aliphatic rings. The molecule has 0 bridgehead atoms. The molecule has 0 amide bonds. The van der Waals surface area contributed by atoms with E-state index in [9.17, 15) is 5.11 Å². The quantitative estimate of drug-likeness (QED) is 0.675. The van der Waals surface area contributed by atoms with Crippen molar-refractivity contribution in [3.05, 3.63) is 0 Å². The standard InChI is InChI=1S/C11H22O/c1-4-9(2)10-7-5-6-8-11(10,3)12/h9-10,12H,4-8H2,1-3H3/t9?,10-,11+/m0/s1. The monoisotopic (exact) mass is 170 g/mol. The normalized spacial score (nSPS) is 39.5. The highest BCUT2D eigenvalue weighted by molar-refractivity contribution is 4.88. The Morgan fingerprint density at radius 3 is 2.67 bits per heavy atom. The lowest BCUT2D eigenvalue weighted by molar-refractivity contribution is -0.0536. The van der Waals surface area contributed by atoms with Crippen LogP contribution < -0.4 is 0 Å². The summed E-state index contributed by atoms with van der Waals surface area (Å²) >= 11 is 0. The minimum absolute atomic E-state index is 0.381. The zero-order valence-corrected chi connectivity index (χ0v) is 8.64. The van der Waals surface area contributed by atoms with Crippen LogP contribution in [0.4, 0.5) is 0 Å². The molecule has 1 heteroatoms. The summed E-state index contributed by atoms with van der Waals surface area (Å²) in [5.41, 5.74) is -0.381. The molecule has 0 aromatic carbocycles. The SMILES string of the molecule is CCC(C)[C@@H]1CCCC[C@@]1(C)O. The molecule has 1 unspecified atom stereocenters. The summed E-state index contributed by atoms with van der Waals surface area (Å²) in [6.07, 6.45) is 5.94. The van der Waals surface area contributed by atoms with Crippen LogP contribution in [0.3, 0.4) is 0 Å². The van der Waals surface area contributed by atoms with Crippen LogP contribution in [0.5, 0.6) is 0 Å². The van der Waals surface area contributed by atoms with Crippen molar-refractivity contribution < 1.29 is 5.11 Å². The lowest BCUT2D eigenvalue weighted by Gasteiger charge is -2.40. The average molecular weight is 170 g/mol. The molecule has 1 rings (SSSR count). The first kappa shape index (κ1) is 10.0. The van der Waals surface area contributed by atoms with Crippen molar-refractivity contribution in [2.75, 3.05) is 0 Å². The van der Waals surface area contributed by atoms with Gasteiger partial charge >= 0.3 is 0 Å². The molecule has 0 radical (unpaired) electrons. The lowest BCUT2D eigenvalue weighted by Crippen LogP contribution is -2.40. The average Bonchev–Trinajstić information content (AvgIpc) is 2.02. The zero-order chi connectivity index (χ0) is 9.19. The molecule has 72 valence electrons. The summed E-state index contributed by atoms with van der Waals surface area (Å²) in [6, 6.07) is 0. The van der Waals surface area contributed by atoms with E-state index in [1.165, 1.54) is 25.7 Å². The molecule has 0 aliphatic heterocycles. The first-order valence-electron chi connectivity index (χ1n) is 5.30. The highest BCUT2D eigenvalue weighted by atomic mass is 16.3. The van der Waals surface area contributed by atoms with Gasteiger partial charge in [0.05, 0.1) is 5.60 Å². The van der Waals surface area contributed by atoms with Crippen LogP contribution in [0.15, 0.2) is 0 Å². The van der Waals surface area contributed by atoms with E-state index in [0.717, 1.165) is 6.42 Å². The van der Waals surface area contributed by atoms with Crippen molar-refractivity contribution in [3.63, 3.8) is 0 Å². The highest BCUT2D eigenvalue weighted by Crippen LogP contribution is 2.38. The van der Waals surface area contributed by atoms with Crippen molar-refractivity contribution in [1.29, 1.82) is 0 Å². The van der Waals surface area contributed by atoms with Gasteiger partial charge in [-0.1, -0.05) is 33.1 Å². The molecule has 1 fully saturated rings. The highest BCUT2D eigenvalue weighted by Gasteiger charge is 2.36. The molecule has 0 aromatic rings. The second-order valence-electron chi connectivity index (χ2n) is 4.59. The topological polar surface area (TPSA) is 20.2 Å². The molecule has 1 nitrogen and oxygen atoms in total. The number of hydrogen-bond donors (Lipinski definition) is 1. The summed E-state index contributed by atoms with van der Waals surface area (Å²) in [5, 5.41) is 10.1. The molecule has 0 spiro atoms. The maximum atomic E-state index is 10.1. The Balaban J connectivity index is 2.59. The first-order valence-corrected chi connectivity index (χ1v) is 5.30. The van der Waals surface area contributed by atoms with Gasteiger partial charge in [-0.05, 0) is 31.6 Å². The van der Waals surface area contributed by atoms with Gasteiger partial charge in [0.25, 0.3) is 0 Å². The maximum Gasteiger partial charge on any atom is 0.0650 e. The van der Waals surface area contributed by atoms with Gasteiger partial charge in [0.2, 0.25) is 0 Å². The minimum Gasteiger partial charge on any atom is -0.390 e. The van der Waals surface area contributed by atoms with E-state index >= 15 is 0 Å². The van der Waals surface area contributed by atoms with Gasteiger partial charge in [-0.15, -0.1) is 0 Å². The van der Waals surface area contributed by atoms with Gasteiger partial charge < -0.3 is 5.11 Å². The van der Waals surface area contributed by atoms with Gasteiger partial charge in [0.1, 0.15) is 0 Å². The second kappa shape index (κ2) is 3.78. The molecule has 0 aromatic heterocycles. The molecule has 1 N–H and O–H groups in total. The summed E-state index contributed by atoms with van der Waals surface area (Å²) in [7, 11) is 0. The van der Waals surface area contributed by atoms with Crippen LogP contribution in [-0.2, 0) is 0 Å². The molecular formula is C11H22O. The number of hydrogen-bond acceptors (Lipinski definition) is 1. The summed E-state index contributed by atoms with van der Waals surface area (Å²) in [4.78, 5) is 0. The lowest BCUT2D eigenvalue weighted by atomic mass is 9.70. The van der Waals surface area contributed by atoms with Gasteiger partial charge in [0.15, 0.2) is 0 Å². The van der Waals surface area contributed by atoms with E-state index in [-0.39, 0.29) is 5.60 Å². The van der Waals surface area contributed by atoms with E-state index in [2.05, 4.69) is 13.8 Å². The number of aliphatic hydroxyl groups is 1. The Labute approximate surface area is 76.2 Å². The Hall–Kier alpha value is -0.0400. The smallest absolute Gasteiger partial charge is 0.0650 e. The van der Waals surface area contributed by atoms with E-state index in [4.69, 9.17) is 0 Å². The molecule has 1 aliphatic carbocycles. The minimum atomic E-state index is -0.381. The molecule has 0 heterocycles. The molecule has 1 saturated carbocycles. The molecule has 12 heavy (non-hydrogen) atoms. The number of rotatable bonds is 2. The fourth-order valence-electron chi connectivity index (χ4n) is 2.53. The van der Waals surface area contributed by atoms with Crippen LogP contribution in [0.25, 0.3) is 0 Å². The van der Waals surface area contributed by atoms with E-state index in [1.807, 2.05) is 6.92 Å². The largest absolute Gasteiger partial charge is 0.390 e. The van der Waals surface area contributed by atoms with E-state index < -0.39 is 0 Å². The van der Waals surface area contributed by atoms with Crippen molar-refractivity contribution in [2.24, 2.45) is 11.8 Å². The van der Waals surface area contributed by atoms with E-state index in [0.29, 0.717) is 11.8 Å². The van der Waals surface area contributed by atoms with Crippen LogP contribution in [0, 0.1) is 11.8 Å². The van der Waals surface area contributed by atoms with Gasteiger partial charge in [-0.25, -0.2) is 0 Å². The first-order chi connectivity index (χ1) is 5.58. The van der Waals surface area contributed by atoms with Crippen molar-refractivity contribution >= 4 is 0 Å². The van der Waals surface area contributed by atoms with Crippen LogP contribution in [-0.4, -0.2) is 10.7 Å². The molecule has 0 saturated heterocycles. The predicted molar refractivity (Wildman–Crippen MR) is 52.0 cm³/mol. The van der Waals surface area contributed by atoms with Crippen molar-refractivity contribution in [1.82, 2.24) is 0 Å². The van der Waals surface area contributed by atoms with Gasteiger partial charge in [0, 0.05) is 0 Å². The fraction of sp³-hybridized carbons (Fsp3) is 1.00. The summed E-state index contributed by atoms with van der Waals surface area (Å²) < 4.78 is 0. The zero-order valence-electron chi connectivity index (χ0n) is 8.64. The third-order valence-electron chi connectivity index (χ3n) is 3.58. The van der Waals surface area contributed by atoms with Crippen LogP contribution >= 0.6 is 0 Å². The second-order valence-corrected chi connectivity index (χ2v) is 4.59. The third kappa shape index (κ3) is 2.01. The molecular weight excluding hydrogens is 148 g/mol. The maximum absolute atomic E-state index is 10.1. The summed E-state index contributed by atoms with van der Waals surface area (Å²) in [5.74, 6) is 1.22. The van der Waals surface area contributed by atoms with Crippen molar-refractivity contribution in [2.45, 2.75) is 58.5 Å². The van der Waals surface area contributed by atoms with Crippen LogP contribution in [0.2, 0.25) is 0 Å². The Kier molecular flexibility index (Phi) is 3.16. The summed E-state index contributed by atoms with van der Waals surface area (Å²) in [6.45, 7) is 6.50.